The second-order valence-corrected chi connectivity index (χ2v) is 10.4. The summed E-state index contributed by atoms with van der Waals surface area (Å²) in [6, 6.07) is 29.2. The van der Waals surface area contributed by atoms with Crippen LogP contribution < -0.4 is 4.74 Å². The number of aromatic nitrogens is 1. The minimum absolute atomic E-state index is 0.233. The zero-order valence-corrected chi connectivity index (χ0v) is 22.8. The molecule has 1 aliphatic rings. The molecule has 0 bridgehead atoms. The Balaban J connectivity index is 1.16. The van der Waals surface area contributed by atoms with Gasteiger partial charge in [0.05, 0.1) is 0 Å². The lowest BCUT2D eigenvalue weighted by Gasteiger charge is -2.32. The quantitative estimate of drug-likeness (QED) is 0.250. The van der Waals surface area contributed by atoms with Gasteiger partial charge in [0.15, 0.2) is 0 Å². The average molecular weight is 520 g/mol. The van der Waals surface area contributed by atoms with E-state index in [2.05, 4.69) is 70.4 Å². The number of hydrogen-bond donors (Lipinski definition) is 0. The SMILES string of the molecule is CN1CCN(Cc2cccc(-c3ccccc3COc3ccc(CC(=O)CCc4cccnc4)cc3)c2)CC1. The largest absolute Gasteiger partial charge is 0.489 e. The summed E-state index contributed by atoms with van der Waals surface area (Å²) in [7, 11) is 2.19. The summed E-state index contributed by atoms with van der Waals surface area (Å²) in [6.45, 7) is 5.96. The van der Waals surface area contributed by atoms with Crippen LogP contribution in [-0.2, 0) is 30.8 Å². The lowest BCUT2D eigenvalue weighted by Crippen LogP contribution is -2.43. The number of hydrogen-bond acceptors (Lipinski definition) is 5. The van der Waals surface area contributed by atoms with E-state index in [4.69, 9.17) is 4.74 Å². The average Bonchev–Trinajstić information content (AvgIpc) is 2.98. The number of rotatable bonds is 11. The van der Waals surface area contributed by atoms with Gasteiger partial charge in [0.1, 0.15) is 18.1 Å². The van der Waals surface area contributed by atoms with Crippen LogP contribution in [0.2, 0.25) is 0 Å². The van der Waals surface area contributed by atoms with E-state index < -0.39 is 0 Å². The summed E-state index contributed by atoms with van der Waals surface area (Å²) >= 11 is 0. The van der Waals surface area contributed by atoms with Crippen molar-refractivity contribution in [3.63, 3.8) is 0 Å². The maximum absolute atomic E-state index is 12.4. The van der Waals surface area contributed by atoms with Crippen molar-refractivity contribution in [2.75, 3.05) is 33.2 Å². The van der Waals surface area contributed by atoms with Crippen LogP contribution >= 0.6 is 0 Å². The first-order valence-electron chi connectivity index (χ1n) is 13.8. The van der Waals surface area contributed by atoms with Crippen LogP contribution in [0.15, 0.2) is 97.3 Å². The van der Waals surface area contributed by atoms with Crippen molar-refractivity contribution in [1.29, 1.82) is 0 Å². The molecule has 0 unspecified atom stereocenters. The molecule has 4 aromatic rings. The van der Waals surface area contributed by atoms with E-state index in [1.807, 2.05) is 42.6 Å². The summed E-state index contributed by atoms with van der Waals surface area (Å²) < 4.78 is 6.18. The number of aryl methyl sites for hydroxylation is 1. The van der Waals surface area contributed by atoms with Crippen LogP contribution in [0.4, 0.5) is 0 Å². The van der Waals surface area contributed by atoms with Crippen LogP contribution in [0, 0.1) is 0 Å². The molecule has 39 heavy (non-hydrogen) atoms. The molecule has 0 spiro atoms. The van der Waals surface area contributed by atoms with Crippen LogP contribution in [0.1, 0.15) is 28.7 Å². The number of carbonyl (C=O) groups excluding carboxylic acids is 1. The van der Waals surface area contributed by atoms with Gasteiger partial charge >= 0.3 is 0 Å². The van der Waals surface area contributed by atoms with Gasteiger partial charge in [0.25, 0.3) is 0 Å². The maximum Gasteiger partial charge on any atom is 0.137 e. The molecule has 0 N–H and O–H groups in total. The molecule has 0 atom stereocenters. The molecule has 1 aliphatic heterocycles. The Bertz CT molecular complexity index is 1350. The van der Waals surface area contributed by atoms with Gasteiger partial charge in [0, 0.05) is 58.0 Å². The molecule has 5 rings (SSSR count). The van der Waals surface area contributed by atoms with Gasteiger partial charge in [-0.1, -0.05) is 60.7 Å². The highest BCUT2D eigenvalue weighted by molar-refractivity contribution is 5.81. The Morgan fingerprint density at radius 3 is 2.44 bits per heavy atom. The molecule has 3 aromatic carbocycles. The summed E-state index contributed by atoms with van der Waals surface area (Å²) in [5.41, 5.74) is 7.03. The Morgan fingerprint density at radius 1 is 0.846 bits per heavy atom. The normalized spacial score (nSPS) is 14.3. The lowest BCUT2D eigenvalue weighted by molar-refractivity contribution is -0.118. The third-order valence-electron chi connectivity index (χ3n) is 7.39. The highest BCUT2D eigenvalue weighted by Gasteiger charge is 2.14. The fourth-order valence-corrected chi connectivity index (χ4v) is 5.04. The van der Waals surface area contributed by atoms with Crippen LogP contribution in [0.5, 0.6) is 5.75 Å². The number of ether oxygens (including phenoxy) is 1. The summed E-state index contributed by atoms with van der Waals surface area (Å²) in [4.78, 5) is 21.5. The first kappa shape index (κ1) is 26.8. The first-order chi connectivity index (χ1) is 19.1. The Morgan fingerprint density at radius 2 is 1.64 bits per heavy atom. The predicted molar refractivity (Wildman–Crippen MR) is 157 cm³/mol. The molecule has 0 radical (unpaired) electrons. The molecular formula is C34H37N3O2. The van der Waals surface area contributed by atoms with E-state index in [-0.39, 0.29) is 5.78 Å². The van der Waals surface area contributed by atoms with E-state index >= 15 is 0 Å². The van der Waals surface area contributed by atoms with Crippen molar-refractivity contribution in [2.45, 2.75) is 32.4 Å². The molecule has 0 amide bonds. The molecule has 1 aromatic heterocycles. The van der Waals surface area contributed by atoms with Gasteiger partial charge in [-0.25, -0.2) is 0 Å². The van der Waals surface area contributed by atoms with Crippen molar-refractivity contribution in [2.24, 2.45) is 0 Å². The van der Waals surface area contributed by atoms with E-state index in [0.717, 1.165) is 61.6 Å². The van der Waals surface area contributed by atoms with Crippen molar-refractivity contribution in [1.82, 2.24) is 14.8 Å². The van der Waals surface area contributed by atoms with E-state index in [1.54, 1.807) is 6.20 Å². The second kappa shape index (κ2) is 13.3. The fourth-order valence-electron chi connectivity index (χ4n) is 5.04. The van der Waals surface area contributed by atoms with Gasteiger partial charge in [-0.3, -0.25) is 14.7 Å². The Labute approximate surface area is 232 Å². The van der Waals surface area contributed by atoms with Gasteiger partial charge < -0.3 is 9.64 Å². The number of likely N-dealkylation sites (N-methyl/N-ethyl adjacent to an activating group) is 1. The molecule has 5 nitrogen and oxygen atoms in total. The third-order valence-corrected chi connectivity index (χ3v) is 7.39. The summed E-state index contributed by atoms with van der Waals surface area (Å²) in [5, 5.41) is 0. The molecular weight excluding hydrogens is 482 g/mol. The van der Waals surface area contributed by atoms with Gasteiger partial charge in [-0.2, -0.15) is 0 Å². The molecule has 5 heteroatoms. The molecule has 0 saturated carbocycles. The molecule has 2 heterocycles. The van der Waals surface area contributed by atoms with Crippen molar-refractivity contribution in [3.05, 3.63) is 120 Å². The number of carbonyl (C=O) groups is 1. The van der Waals surface area contributed by atoms with Crippen LogP contribution in [0.25, 0.3) is 11.1 Å². The third kappa shape index (κ3) is 7.85. The molecule has 200 valence electrons. The lowest BCUT2D eigenvalue weighted by atomic mass is 9.98. The molecule has 1 fully saturated rings. The van der Waals surface area contributed by atoms with Crippen molar-refractivity contribution < 1.29 is 9.53 Å². The smallest absolute Gasteiger partial charge is 0.137 e. The zero-order valence-electron chi connectivity index (χ0n) is 22.8. The van der Waals surface area contributed by atoms with Gasteiger partial charge in [0.2, 0.25) is 0 Å². The number of nitrogens with zero attached hydrogens (tertiary/aromatic N) is 3. The zero-order chi connectivity index (χ0) is 26.9. The number of benzene rings is 3. The number of pyridine rings is 1. The van der Waals surface area contributed by atoms with Crippen LogP contribution in [0.3, 0.4) is 0 Å². The highest BCUT2D eigenvalue weighted by atomic mass is 16.5. The minimum atomic E-state index is 0.233. The topological polar surface area (TPSA) is 45.7 Å². The van der Waals surface area contributed by atoms with E-state index in [0.29, 0.717) is 19.4 Å². The first-order valence-corrected chi connectivity index (χ1v) is 13.8. The second-order valence-electron chi connectivity index (χ2n) is 10.4. The van der Waals surface area contributed by atoms with E-state index in [1.165, 1.54) is 16.7 Å². The van der Waals surface area contributed by atoms with Crippen LogP contribution in [-0.4, -0.2) is 53.8 Å². The summed E-state index contributed by atoms with van der Waals surface area (Å²) in [5.74, 6) is 1.04. The molecule has 1 saturated heterocycles. The number of piperazine rings is 1. The van der Waals surface area contributed by atoms with Crippen molar-refractivity contribution >= 4 is 5.78 Å². The summed E-state index contributed by atoms with van der Waals surface area (Å²) in [6.07, 6.45) is 5.27. The molecule has 0 aliphatic carbocycles. The standard InChI is InChI=1S/C34H37N3O2/c1-36-18-20-37(21-19-36)25-29-6-4-9-30(22-29)34-10-3-2-8-31(34)26-39-33-15-12-27(13-16-33)23-32(38)14-11-28-7-5-17-35-24-28/h2-10,12-13,15-17,22,24H,11,14,18-21,23,25-26H2,1H3. The van der Waals surface area contributed by atoms with E-state index in [9.17, 15) is 4.79 Å². The Kier molecular flexibility index (Phi) is 9.15. The van der Waals surface area contributed by atoms with Gasteiger partial charge in [-0.15, -0.1) is 0 Å². The highest BCUT2D eigenvalue weighted by Crippen LogP contribution is 2.27. The maximum atomic E-state index is 12.4. The monoisotopic (exact) mass is 519 g/mol. The Hall–Kier alpha value is -3.80. The van der Waals surface area contributed by atoms with Gasteiger partial charge in [-0.05, 0) is 71.1 Å². The number of Topliss-reactive ketones (excluding diaryl/α,β-unsaturated/α-hetero) is 1. The van der Waals surface area contributed by atoms with Crippen molar-refractivity contribution in [3.8, 4) is 16.9 Å². The number of ketones is 1. The fraction of sp³-hybridized carbons (Fsp3) is 0.294. The minimum Gasteiger partial charge on any atom is -0.489 e. The predicted octanol–water partition coefficient (Wildman–Crippen LogP) is 5.82.